The summed E-state index contributed by atoms with van der Waals surface area (Å²) in [6.45, 7) is -0.00759. The summed E-state index contributed by atoms with van der Waals surface area (Å²) >= 11 is 0. The van der Waals surface area contributed by atoms with Crippen molar-refractivity contribution in [2.45, 2.75) is 6.61 Å². The van der Waals surface area contributed by atoms with Crippen LogP contribution in [0.15, 0.2) is 55.0 Å². The van der Waals surface area contributed by atoms with Crippen molar-refractivity contribution in [3.63, 3.8) is 0 Å². The highest BCUT2D eigenvalue weighted by Gasteiger charge is 2.23. The van der Waals surface area contributed by atoms with E-state index in [9.17, 15) is 13.2 Å². The van der Waals surface area contributed by atoms with E-state index in [0.29, 0.717) is 16.9 Å². The number of nitrogens with zero attached hydrogens (tertiary/aromatic N) is 7. The number of aryl methyl sites for hydroxylation is 1. The molecule has 0 atom stereocenters. The fourth-order valence-electron chi connectivity index (χ4n) is 3.31. The van der Waals surface area contributed by atoms with Crippen LogP contribution >= 0.6 is 0 Å². The molecular weight excluding hydrogens is 423 g/mol. The molecule has 8 nitrogen and oxygen atoms in total. The van der Waals surface area contributed by atoms with Gasteiger partial charge in [-0.1, -0.05) is 18.2 Å². The van der Waals surface area contributed by atoms with Crippen LogP contribution in [0.4, 0.5) is 13.2 Å². The predicted molar refractivity (Wildman–Crippen MR) is 107 cm³/mol. The molecule has 0 amide bonds. The van der Waals surface area contributed by atoms with Gasteiger partial charge in [0.05, 0.1) is 17.3 Å². The van der Waals surface area contributed by atoms with Crippen molar-refractivity contribution in [2.75, 3.05) is 0 Å². The van der Waals surface area contributed by atoms with Gasteiger partial charge < -0.3 is 4.74 Å². The number of benzene rings is 2. The summed E-state index contributed by atoms with van der Waals surface area (Å²) in [6, 6.07) is 9.04. The first kappa shape index (κ1) is 19.7. The van der Waals surface area contributed by atoms with Crippen molar-refractivity contribution >= 4 is 5.52 Å². The molecule has 0 bridgehead atoms. The highest BCUT2D eigenvalue weighted by atomic mass is 19.1. The van der Waals surface area contributed by atoms with Gasteiger partial charge in [0, 0.05) is 12.6 Å². The zero-order chi connectivity index (χ0) is 22.2. The molecule has 0 spiro atoms. The Morgan fingerprint density at radius 3 is 2.59 bits per heavy atom. The molecule has 0 saturated carbocycles. The molecule has 11 heteroatoms. The monoisotopic (exact) mass is 437 g/mol. The van der Waals surface area contributed by atoms with E-state index in [0.717, 1.165) is 18.2 Å². The topological polar surface area (TPSA) is 83.0 Å². The number of rotatable bonds is 5. The summed E-state index contributed by atoms with van der Waals surface area (Å²) in [5.41, 5.74) is 0.648. The molecule has 0 N–H and O–H groups in total. The average molecular weight is 437 g/mol. The first-order chi connectivity index (χ1) is 15.5. The number of hydrogen-bond donors (Lipinski definition) is 0. The highest BCUT2D eigenvalue weighted by Crippen LogP contribution is 2.37. The molecule has 160 valence electrons. The number of hydrogen-bond acceptors (Lipinski definition) is 6. The summed E-state index contributed by atoms with van der Waals surface area (Å²) in [7, 11) is 1.70. The van der Waals surface area contributed by atoms with Gasteiger partial charge in [-0.25, -0.2) is 22.7 Å². The average Bonchev–Trinajstić information content (AvgIpc) is 3.37. The van der Waals surface area contributed by atoms with Gasteiger partial charge in [-0.05, 0) is 24.3 Å². The van der Waals surface area contributed by atoms with Gasteiger partial charge in [0.15, 0.2) is 11.6 Å². The van der Waals surface area contributed by atoms with Gasteiger partial charge >= 0.3 is 0 Å². The lowest BCUT2D eigenvalue weighted by atomic mass is 10.1. The Hall–Kier alpha value is -4.28. The molecule has 0 aliphatic carbocycles. The van der Waals surface area contributed by atoms with E-state index < -0.39 is 17.5 Å². The maximum atomic E-state index is 14.7. The van der Waals surface area contributed by atoms with Crippen LogP contribution in [0.3, 0.4) is 0 Å². The van der Waals surface area contributed by atoms with Crippen molar-refractivity contribution < 1.29 is 17.9 Å². The van der Waals surface area contributed by atoms with Crippen LogP contribution in [0.1, 0.15) is 5.82 Å². The van der Waals surface area contributed by atoms with Gasteiger partial charge in [0.25, 0.3) is 0 Å². The Labute approximate surface area is 178 Å². The Morgan fingerprint density at radius 2 is 1.81 bits per heavy atom. The number of aromatic nitrogens is 7. The van der Waals surface area contributed by atoms with Gasteiger partial charge in [-0.2, -0.15) is 10.2 Å². The van der Waals surface area contributed by atoms with Crippen LogP contribution in [-0.2, 0) is 13.7 Å². The number of halogens is 3. The molecule has 5 rings (SSSR count). The molecule has 3 aromatic heterocycles. The Morgan fingerprint density at radius 1 is 1.00 bits per heavy atom. The molecule has 0 radical (unpaired) electrons. The molecule has 0 fully saturated rings. The Balaban J connectivity index is 1.72. The normalized spacial score (nSPS) is 11.2. The van der Waals surface area contributed by atoms with Crippen LogP contribution in [0.2, 0.25) is 0 Å². The highest BCUT2D eigenvalue weighted by molar-refractivity contribution is 5.85. The summed E-state index contributed by atoms with van der Waals surface area (Å²) in [6.07, 6.45) is 2.73. The van der Waals surface area contributed by atoms with E-state index in [-0.39, 0.29) is 29.4 Å². The second-order valence-electron chi connectivity index (χ2n) is 6.84. The van der Waals surface area contributed by atoms with Crippen molar-refractivity contribution in [1.29, 1.82) is 0 Å². The van der Waals surface area contributed by atoms with E-state index in [4.69, 9.17) is 4.74 Å². The second kappa shape index (κ2) is 7.76. The minimum absolute atomic E-state index is 0.00759. The summed E-state index contributed by atoms with van der Waals surface area (Å²) in [5, 5.41) is 16.2. The van der Waals surface area contributed by atoms with E-state index >= 15 is 0 Å². The van der Waals surface area contributed by atoms with E-state index in [1.807, 2.05) is 0 Å². The van der Waals surface area contributed by atoms with Crippen LogP contribution in [0, 0.1) is 17.5 Å². The maximum Gasteiger partial charge on any atom is 0.242 e. The zero-order valence-electron chi connectivity index (χ0n) is 16.6. The third-order valence-corrected chi connectivity index (χ3v) is 4.88. The van der Waals surface area contributed by atoms with Crippen molar-refractivity contribution in [3.05, 3.63) is 78.3 Å². The molecule has 5 aromatic rings. The largest absolute Gasteiger partial charge is 0.468 e. The first-order valence-electron chi connectivity index (χ1n) is 9.43. The lowest BCUT2D eigenvalue weighted by molar-refractivity contribution is 0.278. The standard InChI is InChI=1S/C21H14F3N7O/c1-30-18(25-11-27-30)10-32-21-19(13-4-2-3-5-15(13)23)17-9-26-28-20(31(17)29-21)14-8-12(22)6-7-16(14)24/h2-9,11H,10H2,1H3. The molecule has 2 aromatic carbocycles. The Bertz CT molecular complexity index is 1450. The maximum absolute atomic E-state index is 14.7. The lowest BCUT2D eigenvalue weighted by Gasteiger charge is -2.06. The van der Waals surface area contributed by atoms with Gasteiger partial charge in [-0.15, -0.1) is 10.2 Å². The summed E-state index contributed by atoms with van der Waals surface area (Å²) in [4.78, 5) is 4.09. The molecule has 3 heterocycles. The summed E-state index contributed by atoms with van der Waals surface area (Å²) < 4.78 is 51.6. The number of fused-ring (bicyclic) bond motifs is 1. The second-order valence-corrected chi connectivity index (χ2v) is 6.84. The summed E-state index contributed by atoms with van der Waals surface area (Å²) in [5.74, 6) is -1.38. The van der Waals surface area contributed by atoms with Crippen molar-refractivity contribution in [2.24, 2.45) is 7.05 Å². The van der Waals surface area contributed by atoms with Gasteiger partial charge in [0.2, 0.25) is 5.88 Å². The zero-order valence-corrected chi connectivity index (χ0v) is 16.6. The first-order valence-corrected chi connectivity index (χ1v) is 9.43. The lowest BCUT2D eigenvalue weighted by Crippen LogP contribution is -2.05. The third-order valence-electron chi connectivity index (χ3n) is 4.88. The molecule has 0 saturated heterocycles. The third kappa shape index (κ3) is 3.33. The quantitative estimate of drug-likeness (QED) is 0.418. The molecule has 0 aliphatic rings. The molecule has 0 aliphatic heterocycles. The molecule has 32 heavy (non-hydrogen) atoms. The predicted octanol–water partition coefficient (Wildman–Crippen LogP) is 3.58. The van der Waals surface area contributed by atoms with Gasteiger partial charge in [0.1, 0.15) is 35.9 Å². The van der Waals surface area contributed by atoms with Crippen LogP contribution in [0.25, 0.3) is 28.0 Å². The fraction of sp³-hybridized carbons (Fsp3) is 0.0952. The van der Waals surface area contributed by atoms with Crippen LogP contribution in [-0.4, -0.2) is 34.6 Å². The minimum Gasteiger partial charge on any atom is -0.468 e. The fourth-order valence-corrected chi connectivity index (χ4v) is 3.31. The molecule has 0 unspecified atom stereocenters. The van der Waals surface area contributed by atoms with E-state index in [1.54, 1.807) is 25.2 Å². The van der Waals surface area contributed by atoms with E-state index in [2.05, 4.69) is 25.4 Å². The molecular formula is C21H14F3N7O. The smallest absolute Gasteiger partial charge is 0.242 e. The van der Waals surface area contributed by atoms with Crippen LogP contribution in [0.5, 0.6) is 5.88 Å². The minimum atomic E-state index is -0.710. The van der Waals surface area contributed by atoms with Crippen molar-refractivity contribution in [1.82, 2.24) is 34.6 Å². The SMILES string of the molecule is Cn1ncnc1COc1nn2c(-c3cc(F)ccc3F)nncc2c1-c1ccccc1F. The number of ether oxygens (including phenoxy) is 1. The van der Waals surface area contributed by atoms with Crippen LogP contribution < -0.4 is 4.74 Å². The van der Waals surface area contributed by atoms with E-state index in [1.165, 1.54) is 27.8 Å². The van der Waals surface area contributed by atoms with Crippen molar-refractivity contribution in [3.8, 4) is 28.4 Å². The Kier molecular flexibility index (Phi) is 4.77. The van der Waals surface area contributed by atoms with Gasteiger partial charge in [-0.3, -0.25) is 4.68 Å².